The lowest BCUT2D eigenvalue weighted by atomic mass is 10.0. The summed E-state index contributed by atoms with van der Waals surface area (Å²) >= 11 is 0. The van der Waals surface area contributed by atoms with Gasteiger partial charge in [0, 0.05) is 6.04 Å². The highest BCUT2D eigenvalue weighted by atomic mass is 16.5. The zero-order valence-electron chi connectivity index (χ0n) is 9.56. The summed E-state index contributed by atoms with van der Waals surface area (Å²) in [5, 5.41) is 9.36. The zero-order valence-corrected chi connectivity index (χ0v) is 9.56. The first-order valence-corrected chi connectivity index (χ1v) is 5.25. The van der Waals surface area contributed by atoms with E-state index in [1.165, 1.54) is 0 Å². The van der Waals surface area contributed by atoms with E-state index >= 15 is 0 Å². The lowest BCUT2D eigenvalue weighted by Crippen LogP contribution is -2.17. The monoisotopic (exact) mass is 223 g/mol. The molecule has 0 heterocycles. The van der Waals surface area contributed by atoms with E-state index in [0.29, 0.717) is 6.61 Å². The Hall–Kier alpha value is -1.55. The highest BCUT2D eigenvalue weighted by molar-refractivity contribution is 5.70. The maximum absolute atomic E-state index is 11.2. The topological polar surface area (TPSA) is 72.5 Å². The summed E-state index contributed by atoms with van der Waals surface area (Å²) < 4.78 is 4.82. The largest absolute Gasteiger partial charge is 0.508 e. The second-order valence-corrected chi connectivity index (χ2v) is 3.66. The van der Waals surface area contributed by atoms with Gasteiger partial charge in [0.05, 0.1) is 13.0 Å². The molecule has 0 unspecified atom stereocenters. The molecule has 1 rings (SSSR count). The predicted molar refractivity (Wildman–Crippen MR) is 61.0 cm³/mol. The summed E-state index contributed by atoms with van der Waals surface area (Å²) in [6, 6.07) is 4.68. The Labute approximate surface area is 95.0 Å². The fraction of sp³-hybridized carbons (Fsp3) is 0.417. The van der Waals surface area contributed by atoms with Crippen molar-refractivity contribution in [3.8, 4) is 5.75 Å². The fourth-order valence-corrected chi connectivity index (χ4v) is 1.43. The molecular weight excluding hydrogens is 206 g/mol. The van der Waals surface area contributed by atoms with E-state index in [-0.39, 0.29) is 18.1 Å². The molecule has 4 nitrogen and oxygen atoms in total. The molecule has 0 bridgehead atoms. The Bertz CT molecular complexity index is 377. The van der Waals surface area contributed by atoms with Crippen molar-refractivity contribution in [3.63, 3.8) is 0 Å². The van der Waals surface area contributed by atoms with Gasteiger partial charge in [-0.25, -0.2) is 0 Å². The van der Waals surface area contributed by atoms with Crippen molar-refractivity contribution in [2.45, 2.75) is 26.3 Å². The van der Waals surface area contributed by atoms with Gasteiger partial charge >= 0.3 is 5.97 Å². The third-order valence-electron chi connectivity index (χ3n) is 2.34. The summed E-state index contributed by atoms with van der Waals surface area (Å²) in [4.78, 5) is 11.2. The van der Waals surface area contributed by atoms with Crippen LogP contribution in [0.2, 0.25) is 0 Å². The maximum Gasteiger partial charge on any atom is 0.307 e. The van der Waals surface area contributed by atoms with Crippen LogP contribution in [0.3, 0.4) is 0 Å². The highest BCUT2D eigenvalue weighted by Gasteiger charge is 2.13. The minimum absolute atomic E-state index is 0.151. The Kier molecular flexibility index (Phi) is 4.31. The van der Waals surface area contributed by atoms with Gasteiger partial charge in [0.1, 0.15) is 5.75 Å². The van der Waals surface area contributed by atoms with E-state index in [4.69, 9.17) is 10.5 Å². The zero-order chi connectivity index (χ0) is 12.1. The fourth-order valence-electron chi connectivity index (χ4n) is 1.43. The summed E-state index contributed by atoms with van der Waals surface area (Å²) in [6.07, 6.45) is 0.151. The summed E-state index contributed by atoms with van der Waals surface area (Å²) in [6.45, 7) is 3.91. The van der Waals surface area contributed by atoms with Crippen LogP contribution in [-0.2, 0) is 9.53 Å². The van der Waals surface area contributed by atoms with Gasteiger partial charge in [0.2, 0.25) is 0 Å². The van der Waals surface area contributed by atoms with E-state index in [2.05, 4.69) is 0 Å². The average molecular weight is 223 g/mol. The highest BCUT2D eigenvalue weighted by Crippen LogP contribution is 2.22. The number of carbonyl (C=O) groups excluding carboxylic acids is 1. The van der Waals surface area contributed by atoms with Crippen molar-refractivity contribution in [2.75, 3.05) is 6.61 Å². The first kappa shape index (κ1) is 12.5. The molecule has 0 aromatic heterocycles. The molecule has 0 aliphatic rings. The molecule has 88 valence electrons. The Morgan fingerprint density at radius 1 is 1.56 bits per heavy atom. The molecule has 4 heteroatoms. The van der Waals surface area contributed by atoms with Gasteiger partial charge in [-0.15, -0.1) is 0 Å². The van der Waals surface area contributed by atoms with Crippen molar-refractivity contribution >= 4 is 5.97 Å². The molecule has 1 atom stereocenters. The van der Waals surface area contributed by atoms with Crippen molar-refractivity contribution in [3.05, 3.63) is 29.3 Å². The number of phenols is 1. The lowest BCUT2D eigenvalue weighted by molar-refractivity contribution is -0.143. The van der Waals surface area contributed by atoms with E-state index in [1.54, 1.807) is 32.0 Å². The van der Waals surface area contributed by atoms with Crippen LogP contribution in [-0.4, -0.2) is 17.7 Å². The third-order valence-corrected chi connectivity index (χ3v) is 2.34. The molecule has 0 saturated carbocycles. The number of hydrogen-bond acceptors (Lipinski definition) is 4. The first-order chi connectivity index (χ1) is 7.54. The number of esters is 1. The molecule has 0 saturated heterocycles. The van der Waals surface area contributed by atoms with Gasteiger partial charge in [-0.1, -0.05) is 12.1 Å². The maximum atomic E-state index is 11.2. The predicted octanol–water partition coefficient (Wildman–Crippen LogP) is 1.65. The summed E-state index contributed by atoms with van der Waals surface area (Å²) in [5.74, 6) is -0.0761. The molecule has 0 spiro atoms. The van der Waals surface area contributed by atoms with Crippen LogP contribution in [0.15, 0.2) is 18.2 Å². The molecule has 16 heavy (non-hydrogen) atoms. The van der Waals surface area contributed by atoms with Crippen LogP contribution in [0.4, 0.5) is 0 Å². The first-order valence-electron chi connectivity index (χ1n) is 5.25. The van der Waals surface area contributed by atoms with E-state index in [1.807, 2.05) is 0 Å². The van der Waals surface area contributed by atoms with Gasteiger partial charge in [0.25, 0.3) is 0 Å². The quantitative estimate of drug-likeness (QED) is 0.761. The van der Waals surface area contributed by atoms with E-state index in [0.717, 1.165) is 11.1 Å². The molecule has 0 fully saturated rings. The Morgan fingerprint density at radius 3 is 2.81 bits per heavy atom. The van der Waals surface area contributed by atoms with Gasteiger partial charge in [-0.2, -0.15) is 0 Å². The number of hydrogen-bond donors (Lipinski definition) is 2. The Balaban J connectivity index is 2.69. The number of ether oxygens (including phenoxy) is 1. The van der Waals surface area contributed by atoms with Crippen LogP contribution < -0.4 is 5.73 Å². The molecule has 1 aromatic carbocycles. The number of nitrogens with two attached hydrogens (primary N) is 1. The second-order valence-electron chi connectivity index (χ2n) is 3.66. The number of carbonyl (C=O) groups is 1. The standard InChI is InChI=1S/C12H17NO3/c1-3-16-12(15)7-10(13)9-4-5-11(14)8(2)6-9/h4-6,10,14H,3,7,13H2,1-2H3/t10-/m0/s1. The van der Waals surface area contributed by atoms with Crippen LogP contribution in [0.1, 0.15) is 30.5 Å². The van der Waals surface area contributed by atoms with Crippen LogP contribution in [0, 0.1) is 6.92 Å². The summed E-state index contributed by atoms with van der Waals surface area (Å²) in [5.41, 5.74) is 7.43. The smallest absolute Gasteiger partial charge is 0.307 e. The second kappa shape index (κ2) is 5.51. The molecular formula is C12H17NO3. The third kappa shape index (κ3) is 3.24. The molecule has 0 aliphatic carbocycles. The molecule has 0 aliphatic heterocycles. The minimum atomic E-state index is -0.390. The molecule has 1 aromatic rings. The van der Waals surface area contributed by atoms with Gasteiger partial charge in [-0.3, -0.25) is 4.79 Å². The average Bonchev–Trinajstić information content (AvgIpc) is 2.22. The SMILES string of the molecule is CCOC(=O)C[C@H](N)c1ccc(O)c(C)c1. The minimum Gasteiger partial charge on any atom is -0.508 e. The van der Waals surface area contributed by atoms with Gasteiger partial charge in [0.15, 0.2) is 0 Å². The van der Waals surface area contributed by atoms with Crippen LogP contribution >= 0.6 is 0 Å². The molecule has 0 radical (unpaired) electrons. The van der Waals surface area contributed by atoms with Gasteiger partial charge in [-0.05, 0) is 31.0 Å². The van der Waals surface area contributed by atoms with E-state index in [9.17, 15) is 9.90 Å². The summed E-state index contributed by atoms with van der Waals surface area (Å²) in [7, 11) is 0. The molecule has 0 amide bonds. The number of rotatable bonds is 4. The van der Waals surface area contributed by atoms with E-state index < -0.39 is 6.04 Å². The number of phenolic OH excluding ortho intramolecular Hbond substituents is 1. The lowest BCUT2D eigenvalue weighted by Gasteiger charge is -2.12. The Morgan fingerprint density at radius 2 is 2.25 bits per heavy atom. The van der Waals surface area contributed by atoms with Crippen LogP contribution in [0.25, 0.3) is 0 Å². The van der Waals surface area contributed by atoms with Crippen LogP contribution in [0.5, 0.6) is 5.75 Å². The normalized spacial score (nSPS) is 12.2. The van der Waals surface area contributed by atoms with Gasteiger partial charge < -0.3 is 15.6 Å². The van der Waals surface area contributed by atoms with Crippen molar-refractivity contribution in [2.24, 2.45) is 5.73 Å². The number of aromatic hydroxyl groups is 1. The molecule has 3 N–H and O–H groups in total. The van der Waals surface area contributed by atoms with Crippen molar-refractivity contribution in [1.29, 1.82) is 0 Å². The van der Waals surface area contributed by atoms with Crippen molar-refractivity contribution < 1.29 is 14.6 Å². The number of aryl methyl sites for hydroxylation is 1. The van der Waals surface area contributed by atoms with Crippen molar-refractivity contribution in [1.82, 2.24) is 0 Å². The number of benzene rings is 1.